The van der Waals surface area contributed by atoms with Crippen LogP contribution in [-0.2, 0) is 20.7 Å². The molecule has 1 fully saturated rings. The monoisotopic (exact) mass is 579 g/mol. The van der Waals surface area contributed by atoms with Gasteiger partial charge in [-0.2, -0.15) is 0 Å². The Labute approximate surface area is 234 Å². The molecule has 6 atom stereocenters. The normalized spacial score (nSPS) is 29.1. The molecule has 5 rings (SSSR count). The molecule has 1 saturated heterocycles. The van der Waals surface area contributed by atoms with Crippen LogP contribution in [0, 0.1) is 0 Å². The topological polar surface area (TPSA) is 206 Å². The number of aliphatic hydroxyl groups excluding tert-OH is 2. The van der Waals surface area contributed by atoms with Crippen LogP contribution in [0.15, 0.2) is 18.2 Å². The molecule has 1 unspecified atom stereocenters. The van der Waals surface area contributed by atoms with Gasteiger partial charge in [-0.1, -0.05) is 12.1 Å². The fraction of sp³-hybridized carbons (Fsp3) is 0.444. The van der Waals surface area contributed by atoms with E-state index < -0.39 is 95.7 Å². The molecule has 1 aliphatic heterocycles. The molecular formula is C27H30ClNO11. The molecule has 12 nitrogen and oxygen atoms in total. The van der Waals surface area contributed by atoms with Gasteiger partial charge in [-0.15, -0.1) is 12.4 Å². The molecule has 2 aromatic carbocycles. The number of halogens is 1. The summed E-state index contributed by atoms with van der Waals surface area (Å²) in [5.41, 5.74) is 2.37. The standard InChI is InChI=1S/C27H29NO11.ClH/c1-10-22(31)13(28)6-17(38-10)39-15-8-27(36,16(30)9-29)7-12-19(15)26(35)21-20(24(12)33)23(32)11-4-3-5-14(37-2)18(11)25(21)34;/h3-5,10,13,15,17,22,29,31,33,35-36H,6-9,28H2,1-2H3;1H/t10-,13-,15-,17-,22+,27?;/m0./s1. The Kier molecular flexibility index (Phi) is 8.00. The van der Waals surface area contributed by atoms with Gasteiger partial charge < -0.3 is 45.5 Å². The fourth-order valence-corrected chi connectivity index (χ4v) is 5.75. The number of aromatic hydroxyl groups is 2. The largest absolute Gasteiger partial charge is 0.507 e. The summed E-state index contributed by atoms with van der Waals surface area (Å²) in [6, 6.07) is 3.64. The van der Waals surface area contributed by atoms with Gasteiger partial charge in [0, 0.05) is 42.0 Å². The van der Waals surface area contributed by atoms with Crippen molar-refractivity contribution in [2.75, 3.05) is 13.7 Å². The molecule has 7 N–H and O–H groups in total. The zero-order valence-electron chi connectivity index (χ0n) is 21.6. The molecule has 216 valence electrons. The second kappa shape index (κ2) is 10.7. The highest BCUT2D eigenvalue weighted by atomic mass is 35.5. The van der Waals surface area contributed by atoms with E-state index in [-0.39, 0.29) is 46.8 Å². The van der Waals surface area contributed by atoms with E-state index in [0.717, 1.165) is 0 Å². The van der Waals surface area contributed by atoms with E-state index in [4.69, 9.17) is 19.9 Å². The van der Waals surface area contributed by atoms with Crippen molar-refractivity contribution >= 4 is 29.8 Å². The highest BCUT2D eigenvalue weighted by Crippen LogP contribution is 2.52. The van der Waals surface area contributed by atoms with Crippen molar-refractivity contribution in [3.05, 3.63) is 51.6 Å². The fourth-order valence-electron chi connectivity index (χ4n) is 5.75. The van der Waals surface area contributed by atoms with Crippen molar-refractivity contribution in [3.63, 3.8) is 0 Å². The third kappa shape index (κ3) is 4.45. The number of hydrogen-bond acceptors (Lipinski definition) is 12. The number of aliphatic hydroxyl groups is 3. The number of Topliss-reactive ketones (excluding diaryl/α,β-unsaturated/α-hetero) is 1. The number of carbonyl (C=O) groups excluding carboxylic acids is 3. The summed E-state index contributed by atoms with van der Waals surface area (Å²) < 4.78 is 17.0. The van der Waals surface area contributed by atoms with Gasteiger partial charge in [0.15, 0.2) is 17.9 Å². The minimum atomic E-state index is -2.24. The van der Waals surface area contributed by atoms with E-state index in [1.54, 1.807) is 6.92 Å². The Morgan fingerprint density at radius 2 is 1.82 bits per heavy atom. The maximum absolute atomic E-state index is 13.6. The SMILES string of the molecule is COc1cccc2c1C(=O)c1c(O)c3c(c(O)c1C2=O)CC(O)(C(=O)CO)C[C@@H]3O[C@H]1C[C@H](N)[C@H](O)[C@H](C)O1.Cl. The van der Waals surface area contributed by atoms with E-state index in [1.165, 1.54) is 25.3 Å². The van der Waals surface area contributed by atoms with Crippen molar-refractivity contribution in [2.24, 2.45) is 5.73 Å². The number of nitrogens with two attached hydrogens (primary N) is 1. The van der Waals surface area contributed by atoms with Crippen LogP contribution >= 0.6 is 12.4 Å². The molecule has 0 radical (unpaired) electrons. The quantitative estimate of drug-likeness (QED) is 0.227. The minimum Gasteiger partial charge on any atom is -0.507 e. The number of hydrogen-bond donors (Lipinski definition) is 6. The number of ketones is 3. The second-order valence-electron chi connectivity index (χ2n) is 10.2. The van der Waals surface area contributed by atoms with Crippen LogP contribution in [-0.4, -0.2) is 86.7 Å². The third-order valence-corrected chi connectivity index (χ3v) is 7.81. The molecule has 13 heteroatoms. The number of methoxy groups -OCH3 is 1. The highest BCUT2D eigenvalue weighted by Gasteiger charge is 2.50. The lowest BCUT2D eigenvalue weighted by Gasteiger charge is -2.42. The first-order chi connectivity index (χ1) is 18.4. The summed E-state index contributed by atoms with van der Waals surface area (Å²) in [5, 5.41) is 53.7. The predicted molar refractivity (Wildman–Crippen MR) is 139 cm³/mol. The third-order valence-electron chi connectivity index (χ3n) is 7.81. The maximum atomic E-state index is 13.6. The van der Waals surface area contributed by atoms with E-state index >= 15 is 0 Å². The smallest absolute Gasteiger partial charge is 0.202 e. The summed E-state index contributed by atoms with van der Waals surface area (Å²) in [6.45, 7) is 0.560. The molecule has 2 aromatic rings. The Morgan fingerprint density at radius 1 is 1.15 bits per heavy atom. The van der Waals surface area contributed by atoms with Crippen molar-refractivity contribution in [1.29, 1.82) is 0 Å². The lowest BCUT2D eigenvalue weighted by atomic mass is 9.72. The van der Waals surface area contributed by atoms with E-state index in [2.05, 4.69) is 0 Å². The van der Waals surface area contributed by atoms with Crippen LogP contribution in [0.3, 0.4) is 0 Å². The van der Waals surface area contributed by atoms with Gasteiger partial charge in [-0.25, -0.2) is 0 Å². The lowest BCUT2D eigenvalue weighted by molar-refractivity contribution is -0.247. The van der Waals surface area contributed by atoms with Crippen molar-refractivity contribution in [1.82, 2.24) is 0 Å². The average molecular weight is 580 g/mol. The molecule has 40 heavy (non-hydrogen) atoms. The number of carbonyl (C=O) groups is 3. The van der Waals surface area contributed by atoms with E-state index in [9.17, 15) is 39.9 Å². The van der Waals surface area contributed by atoms with Gasteiger partial charge in [-0.3, -0.25) is 14.4 Å². The number of phenolic OH excluding ortho intramolecular Hbond substituents is 2. The zero-order chi connectivity index (χ0) is 28.4. The summed E-state index contributed by atoms with van der Waals surface area (Å²) in [6.07, 6.45) is -5.12. The van der Waals surface area contributed by atoms with Gasteiger partial charge in [0.2, 0.25) is 5.78 Å². The molecule has 2 aliphatic carbocycles. The molecule has 0 aromatic heterocycles. The number of phenols is 2. The van der Waals surface area contributed by atoms with Crippen LogP contribution in [0.1, 0.15) is 68.8 Å². The molecule has 3 aliphatic rings. The van der Waals surface area contributed by atoms with E-state index in [1.807, 2.05) is 0 Å². The molecule has 0 amide bonds. The van der Waals surface area contributed by atoms with Crippen LogP contribution in [0.4, 0.5) is 0 Å². The Balaban J connectivity index is 0.00000370. The van der Waals surface area contributed by atoms with Crippen LogP contribution < -0.4 is 10.5 Å². The van der Waals surface area contributed by atoms with Crippen LogP contribution in [0.25, 0.3) is 0 Å². The van der Waals surface area contributed by atoms with Crippen LogP contribution in [0.2, 0.25) is 0 Å². The number of benzene rings is 2. The van der Waals surface area contributed by atoms with Gasteiger partial charge in [0.05, 0.1) is 42.1 Å². The minimum absolute atomic E-state index is 0. The number of ether oxygens (including phenoxy) is 3. The number of rotatable bonds is 5. The Morgan fingerprint density at radius 3 is 2.45 bits per heavy atom. The lowest BCUT2D eigenvalue weighted by Crippen LogP contribution is -2.53. The highest BCUT2D eigenvalue weighted by molar-refractivity contribution is 6.31. The average Bonchev–Trinajstić information content (AvgIpc) is 2.90. The van der Waals surface area contributed by atoms with Gasteiger partial charge in [-0.05, 0) is 13.0 Å². The van der Waals surface area contributed by atoms with Crippen molar-refractivity contribution < 1.29 is 54.1 Å². The summed E-state index contributed by atoms with van der Waals surface area (Å²) in [7, 11) is 1.32. The zero-order valence-corrected chi connectivity index (χ0v) is 22.4. The first-order valence-electron chi connectivity index (χ1n) is 12.4. The number of fused-ring (bicyclic) bond motifs is 3. The van der Waals surface area contributed by atoms with Crippen molar-refractivity contribution in [3.8, 4) is 17.2 Å². The molecule has 0 spiro atoms. The summed E-state index contributed by atoms with van der Waals surface area (Å²) >= 11 is 0. The summed E-state index contributed by atoms with van der Waals surface area (Å²) in [5.74, 6) is -3.77. The molecule has 0 saturated carbocycles. The van der Waals surface area contributed by atoms with Crippen molar-refractivity contribution in [2.45, 2.75) is 62.4 Å². The molecular weight excluding hydrogens is 550 g/mol. The van der Waals surface area contributed by atoms with Crippen LogP contribution in [0.5, 0.6) is 17.2 Å². The Hall–Kier alpha value is -3.10. The molecule has 0 bridgehead atoms. The summed E-state index contributed by atoms with van der Waals surface area (Å²) in [4.78, 5) is 39.7. The second-order valence-corrected chi connectivity index (χ2v) is 10.2. The first-order valence-corrected chi connectivity index (χ1v) is 12.4. The molecule has 1 heterocycles. The van der Waals surface area contributed by atoms with Gasteiger partial charge >= 0.3 is 0 Å². The Bertz CT molecular complexity index is 1380. The van der Waals surface area contributed by atoms with Gasteiger partial charge in [0.1, 0.15) is 29.5 Å². The van der Waals surface area contributed by atoms with Gasteiger partial charge in [0.25, 0.3) is 0 Å². The van der Waals surface area contributed by atoms with E-state index in [0.29, 0.717) is 0 Å². The first kappa shape index (κ1) is 29.9. The maximum Gasteiger partial charge on any atom is 0.202 e. The predicted octanol–water partition coefficient (Wildman–Crippen LogP) is 0.423.